The van der Waals surface area contributed by atoms with E-state index in [4.69, 9.17) is 5.26 Å². The second kappa shape index (κ2) is 3.55. The molecule has 13 heavy (non-hydrogen) atoms. The lowest BCUT2D eigenvalue weighted by Crippen LogP contribution is -2.35. The Labute approximate surface area is 77.0 Å². The van der Waals surface area contributed by atoms with Crippen molar-refractivity contribution >= 4 is 0 Å². The molecule has 0 heterocycles. The van der Waals surface area contributed by atoms with Crippen molar-refractivity contribution in [2.75, 3.05) is 7.05 Å². The Morgan fingerprint density at radius 2 is 2.08 bits per heavy atom. The molecule has 68 valence electrons. The van der Waals surface area contributed by atoms with Gasteiger partial charge in [0, 0.05) is 5.56 Å². The molecule has 0 aliphatic rings. The second-order valence-corrected chi connectivity index (χ2v) is 2.97. The van der Waals surface area contributed by atoms with E-state index in [0.717, 1.165) is 0 Å². The molecule has 0 bridgehead atoms. The first kappa shape index (κ1) is 9.69. The highest BCUT2D eigenvalue weighted by molar-refractivity contribution is 5.31. The summed E-state index contributed by atoms with van der Waals surface area (Å²) in [5, 5.41) is 11.7. The molecule has 1 aromatic rings. The number of nitrogens with zero attached hydrogens (tertiary/aromatic N) is 1. The molecular weight excluding hydrogens is 167 g/mol. The lowest BCUT2D eigenvalue weighted by atomic mass is 9.93. The topological polar surface area (TPSA) is 35.8 Å². The van der Waals surface area contributed by atoms with Gasteiger partial charge in [-0.05, 0) is 20.0 Å². The lowest BCUT2D eigenvalue weighted by Gasteiger charge is -2.21. The molecule has 0 spiro atoms. The predicted molar refractivity (Wildman–Crippen MR) is 48.4 cm³/mol. The van der Waals surface area contributed by atoms with Crippen LogP contribution in [0.5, 0.6) is 0 Å². The van der Waals surface area contributed by atoms with Crippen LogP contribution < -0.4 is 5.32 Å². The van der Waals surface area contributed by atoms with E-state index in [-0.39, 0.29) is 5.82 Å². The summed E-state index contributed by atoms with van der Waals surface area (Å²) in [6.45, 7) is 1.64. The third-order valence-electron chi connectivity index (χ3n) is 2.14. The van der Waals surface area contributed by atoms with Crippen LogP contribution in [-0.2, 0) is 5.54 Å². The van der Waals surface area contributed by atoms with Crippen molar-refractivity contribution in [1.29, 1.82) is 5.26 Å². The van der Waals surface area contributed by atoms with Crippen LogP contribution >= 0.6 is 0 Å². The number of halogens is 1. The molecule has 1 N–H and O–H groups in total. The molecule has 0 amide bonds. The number of rotatable bonds is 2. The van der Waals surface area contributed by atoms with Crippen LogP contribution in [0.4, 0.5) is 4.39 Å². The van der Waals surface area contributed by atoms with Crippen LogP contribution in [0.1, 0.15) is 12.5 Å². The number of nitriles is 1. The maximum Gasteiger partial charge on any atom is 0.132 e. The van der Waals surface area contributed by atoms with Crippen molar-refractivity contribution in [3.8, 4) is 6.07 Å². The quantitative estimate of drug-likeness (QED) is 0.749. The zero-order valence-corrected chi connectivity index (χ0v) is 7.63. The van der Waals surface area contributed by atoms with Crippen LogP contribution in [0.25, 0.3) is 0 Å². The molecule has 0 aliphatic heterocycles. The van der Waals surface area contributed by atoms with E-state index in [1.807, 2.05) is 6.07 Å². The molecule has 2 nitrogen and oxygen atoms in total. The molecule has 1 aromatic carbocycles. The Hall–Kier alpha value is -1.40. The van der Waals surface area contributed by atoms with Crippen molar-refractivity contribution < 1.29 is 4.39 Å². The number of hydrogen-bond donors (Lipinski definition) is 1. The second-order valence-electron chi connectivity index (χ2n) is 2.97. The minimum atomic E-state index is -0.953. The van der Waals surface area contributed by atoms with Crippen LogP contribution in [0.3, 0.4) is 0 Å². The van der Waals surface area contributed by atoms with E-state index in [0.29, 0.717) is 5.56 Å². The van der Waals surface area contributed by atoms with E-state index in [2.05, 4.69) is 5.32 Å². The van der Waals surface area contributed by atoms with Gasteiger partial charge < -0.3 is 0 Å². The minimum absolute atomic E-state index is 0.360. The van der Waals surface area contributed by atoms with Crippen LogP contribution in [-0.4, -0.2) is 7.05 Å². The lowest BCUT2D eigenvalue weighted by molar-refractivity contribution is 0.480. The van der Waals surface area contributed by atoms with Gasteiger partial charge in [-0.1, -0.05) is 18.2 Å². The maximum absolute atomic E-state index is 13.3. The third kappa shape index (κ3) is 1.68. The summed E-state index contributed by atoms with van der Waals surface area (Å²) in [7, 11) is 1.63. The van der Waals surface area contributed by atoms with E-state index in [1.165, 1.54) is 6.07 Å². The van der Waals surface area contributed by atoms with E-state index in [9.17, 15) is 4.39 Å². The zero-order valence-electron chi connectivity index (χ0n) is 7.63. The van der Waals surface area contributed by atoms with Crippen molar-refractivity contribution in [2.45, 2.75) is 12.5 Å². The molecule has 1 atom stereocenters. The average molecular weight is 178 g/mol. The smallest absolute Gasteiger partial charge is 0.132 e. The van der Waals surface area contributed by atoms with Gasteiger partial charge in [0.05, 0.1) is 6.07 Å². The summed E-state index contributed by atoms with van der Waals surface area (Å²) < 4.78 is 13.3. The standard InChI is InChI=1S/C10H11FN2/c1-10(7-12,13-2)8-5-3-4-6-9(8)11/h3-6,13H,1-2H3. The molecular formula is C10H11FN2. The minimum Gasteiger partial charge on any atom is -0.299 e. The van der Waals surface area contributed by atoms with Gasteiger partial charge in [0.1, 0.15) is 11.4 Å². The first-order valence-corrected chi connectivity index (χ1v) is 3.99. The van der Waals surface area contributed by atoms with Gasteiger partial charge in [0.25, 0.3) is 0 Å². The molecule has 3 heteroatoms. The van der Waals surface area contributed by atoms with E-state index in [1.54, 1.807) is 32.2 Å². The van der Waals surface area contributed by atoms with E-state index >= 15 is 0 Å². The molecule has 0 radical (unpaired) electrons. The number of benzene rings is 1. The van der Waals surface area contributed by atoms with Crippen LogP contribution in [0, 0.1) is 17.1 Å². The summed E-state index contributed by atoms with van der Waals surface area (Å²) in [6, 6.07) is 8.31. The van der Waals surface area contributed by atoms with E-state index < -0.39 is 5.54 Å². The zero-order chi connectivity index (χ0) is 9.90. The van der Waals surface area contributed by atoms with Crippen LogP contribution in [0.15, 0.2) is 24.3 Å². The molecule has 0 aromatic heterocycles. The Kier molecular flexibility index (Phi) is 2.64. The first-order valence-electron chi connectivity index (χ1n) is 3.99. The van der Waals surface area contributed by atoms with Gasteiger partial charge in [0.2, 0.25) is 0 Å². The maximum atomic E-state index is 13.3. The Balaban J connectivity index is 3.22. The fourth-order valence-corrected chi connectivity index (χ4v) is 1.12. The fraction of sp³-hybridized carbons (Fsp3) is 0.300. The van der Waals surface area contributed by atoms with Crippen molar-refractivity contribution in [3.63, 3.8) is 0 Å². The van der Waals surface area contributed by atoms with Gasteiger partial charge in [-0.2, -0.15) is 5.26 Å². The van der Waals surface area contributed by atoms with Crippen molar-refractivity contribution in [1.82, 2.24) is 5.32 Å². The molecule has 0 fully saturated rings. The first-order chi connectivity index (χ1) is 6.14. The predicted octanol–water partition coefficient (Wildman–Crippen LogP) is 1.78. The van der Waals surface area contributed by atoms with Crippen LogP contribution in [0.2, 0.25) is 0 Å². The summed E-state index contributed by atoms with van der Waals surface area (Å²) in [5.41, 5.74) is -0.578. The number of nitrogens with one attached hydrogen (secondary N) is 1. The van der Waals surface area contributed by atoms with Gasteiger partial charge in [-0.3, -0.25) is 5.32 Å². The third-order valence-corrected chi connectivity index (χ3v) is 2.14. The molecule has 1 rings (SSSR count). The van der Waals surface area contributed by atoms with Gasteiger partial charge >= 0.3 is 0 Å². The highest BCUT2D eigenvalue weighted by Gasteiger charge is 2.26. The van der Waals surface area contributed by atoms with Crippen molar-refractivity contribution in [3.05, 3.63) is 35.6 Å². The van der Waals surface area contributed by atoms with Gasteiger partial charge in [-0.15, -0.1) is 0 Å². The summed E-state index contributed by atoms with van der Waals surface area (Å²) >= 11 is 0. The van der Waals surface area contributed by atoms with Crippen molar-refractivity contribution in [2.24, 2.45) is 0 Å². The molecule has 0 saturated heterocycles. The largest absolute Gasteiger partial charge is 0.299 e. The number of hydrogen-bond acceptors (Lipinski definition) is 2. The fourth-order valence-electron chi connectivity index (χ4n) is 1.12. The summed E-state index contributed by atoms with van der Waals surface area (Å²) in [6.07, 6.45) is 0. The molecule has 0 aliphatic carbocycles. The Morgan fingerprint density at radius 3 is 2.54 bits per heavy atom. The summed E-state index contributed by atoms with van der Waals surface area (Å²) in [4.78, 5) is 0. The average Bonchev–Trinajstić information content (AvgIpc) is 2.17. The van der Waals surface area contributed by atoms with Gasteiger partial charge in [0.15, 0.2) is 0 Å². The molecule has 1 unspecified atom stereocenters. The highest BCUT2D eigenvalue weighted by Crippen LogP contribution is 2.21. The highest BCUT2D eigenvalue weighted by atomic mass is 19.1. The Morgan fingerprint density at radius 1 is 1.46 bits per heavy atom. The summed E-state index contributed by atoms with van der Waals surface area (Å²) in [5.74, 6) is -0.360. The van der Waals surface area contributed by atoms with Gasteiger partial charge in [-0.25, -0.2) is 4.39 Å². The SMILES string of the molecule is CNC(C)(C#N)c1ccccc1F. The monoisotopic (exact) mass is 178 g/mol. The Bertz CT molecular complexity index is 343. The molecule has 0 saturated carbocycles. The normalized spacial score (nSPS) is 14.6.